The van der Waals surface area contributed by atoms with Crippen molar-refractivity contribution in [3.63, 3.8) is 0 Å². The number of carbonyl (C=O) groups is 1. The summed E-state index contributed by atoms with van der Waals surface area (Å²) in [6, 6.07) is 3.55. The lowest BCUT2D eigenvalue weighted by Crippen LogP contribution is -2.34. The minimum absolute atomic E-state index is 0.0947. The van der Waals surface area contributed by atoms with Crippen molar-refractivity contribution in [1.82, 2.24) is 4.98 Å². The summed E-state index contributed by atoms with van der Waals surface area (Å²) in [6.45, 7) is 1.09. The van der Waals surface area contributed by atoms with Crippen LogP contribution in [0, 0.1) is 5.92 Å². The van der Waals surface area contributed by atoms with Crippen LogP contribution in [0.4, 0.5) is 5.69 Å². The molecule has 1 aromatic rings. The third-order valence-corrected chi connectivity index (χ3v) is 2.10. The molecule has 0 atom stereocenters. The maximum absolute atomic E-state index is 11.7. The molecule has 0 unspecified atom stereocenters. The molecule has 5 nitrogen and oxygen atoms in total. The van der Waals surface area contributed by atoms with Crippen LogP contribution in [-0.2, 0) is 14.3 Å². The Labute approximate surface area is 87.4 Å². The fraction of sp³-hybridized carbons (Fsp3) is 0.400. The molecule has 1 aromatic heterocycles. The molecule has 1 aliphatic heterocycles. The van der Waals surface area contributed by atoms with Crippen LogP contribution < -0.4 is 5.32 Å². The highest BCUT2D eigenvalue weighted by Gasteiger charge is 2.22. The maximum Gasteiger partial charge on any atom is 0.232 e. The van der Waals surface area contributed by atoms with Crippen LogP contribution in [0.3, 0.4) is 0 Å². The molecule has 0 spiro atoms. The van der Waals surface area contributed by atoms with Gasteiger partial charge in [-0.1, -0.05) is 0 Å². The number of rotatable bonds is 2. The smallest absolute Gasteiger partial charge is 0.232 e. The Balaban J connectivity index is 1.91. The number of anilines is 1. The second kappa shape index (κ2) is 4.86. The molecule has 15 heavy (non-hydrogen) atoms. The Kier molecular flexibility index (Phi) is 3.26. The van der Waals surface area contributed by atoms with Crippen LogP contribution in [0.25, 0.3) is 0 Å². The Morgan fingerprint density at radius 3 is 2.93 bits per heavy atom. The minimum atomic E-state index is -0.237. The molecule has 0 aliphatic carbocycles. The van der Waals surface area contributed by atoms with Gasteiger partial charge < -0.3 is 14.8 Å². The van der Waals surface area contributed by atoms with Crippen LogP contribution in [0.5, 0.6) is 0 Å². The van der Waals surface area contributed by atoms with E-state index in [0.29, 0.717) is 18.9 Å². The quantitative estimate of drug-likeness (QED) is 0.774. The van der Waals surface area contributed by atoms with Gasteiger partial charge in [0.25, 0.3) is 0 Å². The largest absolute Gasteiger partial charge is 0.355 e. The Bertz CT molecular complexity index is 323. The molecule has 80 valence electrons. The van der Waals surface area contributed by atoms with Gasteiger partial charge in [-0.2, -0.15) is 0 Å². The first-order valence-corrected chi connectivity index (χ1v) is 4.72. The van der Waals surface area contributed by atoms with Gasteiger partial charge in [0.1, 0.15) is 6.79 Å². The average molecular weight is 208 g/mol. The van der Waals surface area contributed by atoms with Gasteiger partial charge in [0.15, 0.2) is 0 Å². The summed E-state index contributed by atoms with van der Waals surface area (Å²) in [4.78, 5) is 15.6. The zero-order valence-electron chi connectivity index (χ0n) is 8.18. The highest BCUT2D eigenvalue weighted by atomic mass is 16.7. The fourth-order valence-corrected chi connectivity index (χ4v) is 1.32. The first-order chi connectivity index (χ1) is 7.36. The lowest BCUT2D eigenvalue weighted by atomic mass is 10.1. The molecule has 1 N–H and O–H groups in total. The summed E-state index contributed by atoms with van der Waals surface area (Å²) in [5.74, 6) is -0.332. The van der Waals surface area contributed by atoms with Gasteiger partial charge in [0.2, 0.25) is 5.91 Å². The number of hydrogen-bond donors (Lipinski definition) is 1. The van der Waals surface area contributed by atoms with Gasteiger partial charge >= 0.3 is 0 Å². The van der Waals surface area contributed by atoms with Crippen LogP contribution in [0.1, 0.15) is 0 Å². The van der Waals surface area contributed by atoms with Crippen molar-refractivity contribution >= 4 is 11.6 Å². The van der Waals surface area contributed by atoms with Crippen LogP contribution in [0.2, 0.25) is 0 Å². The van der Waals surface area contributed by atoms with Crippen LogP contribution in [0.15, 0.2) is 24.5 Å². The molecular formula is C10H12N2O3. The van der Waals surface area contributed by atoms with Gasteiger partial charge in [-0.05, 0) is 12.1 Å². The van der Waals surface area contributed by atoms with E-state index >= 15 is 0 Å². The highest BCUT2D eigenvalue weighted by Crippen LogP contribution is 2.10. The number of ether oxygens (including phenoxy) is 2. The molecule has 0 bridgehead atoms. The van der Waals surface area contributed by atoms with Crippen LogP contribution in [-0.4, -0.2) is 30.9 Å². The van der Waals surface area contributed by atoms with Crippen molar-refractivity contribution < 1.29 is 14.3 Å². The van der Waals surface area contributed by atoms with Gasteiger partial charge in [-0.25, -0.2) is 0 Å². The summed E-state index contributed by atoms with van der Waals surface area (Å²) < 4.78 is 10.1. The van der Waals surface area contributed by atoms with E-state index in [2.05, 4.69) is 10.3 Å². The molecule has 5 heteroatoms. The lowest BCUT2D eigenvalue weighted by Gasteiger charge is -2.21. The summed E-state index contributed by atoms with van der Waals surface area (Å²) in [5.41, 5.74) is 0.688. The van der Waals surface area contributed by atoms with Crippen molar-refractivity contribution in [2.24, 2.45) is 5.92 Å². The number of amides is 1. The SMILES string of the molecule is O=C(Nc1cccnc1)C1COCOC1. The zero-order chi connectivity index (χ0) is 10.5. The number of aromatic nitrogens is 1. The molecule has 1 aliphatic rings. The Morgan fingerprint density at radius 1 is 1.47 bits per heavy atom. The normalized spacial score (nSPS) is 17.3. The van der Waals surface area contributed by atoms with E-state index in [0.717, 1.165) is 0 Å². The van der Waals surface area contributed by atoms with E-state index in [9.17, 15) is 4.79 Å². The van der Waals surface area contributed by atoms with Gasteiger partial charge in [-0.15, -0.1) is 0 Å². The fourth-order valence-electron chi connectivity index (χ4n) is 1.32. The number of carbonyl (C=O) groups excluding carboxylic acids is 1. The van der Waals surface area contributed by atoms with Gasteiger partial charge in [-0.3, -0.25) is 9.78 Å². The third kappa shape index (κ3) is 2.74. The summed E-state index contributed by atoms with van der Waals surface area (Å²) in [6.07, 6.45) is 3.25. The number of nitrogens with zero attached hydrogens (tertiary/aromatic N) is 1. The number of hydrogen-bond acceptors (Lipinski definition) is 4. The van der Waals surface area contributed by atoms with Crippen molar-refractivity contribution in [2.75, 3.05) is 25.3 Å². The minimum Gasteiger partial charge on any atom is -0.355 e. The van der Waals surface area contributed by atoms with Crippen molar-refractivity contribution in [1.29, 1.82) is 0 Å². The predicted octanol–water partition coefficient (Wildman–Crippen LogP) is 0.641. The van der Waals surface area contributed by atoms with E-state index < -0.39 is 0 Å². The Morgan fingerprint density at radius 2 is 2.27 bits per heavy atom. The zero-order valence-corrected chi connectivity index (χ0v) is 8.18. The molecule has 0 radical (unpaired) electrons. The molecule has 2 rings (SSSR count). The second-order valence-corrected chi connectivity index (χ2v) is 3.29. The van der Waals surface area contributed by atoms with Crippen molar-refractivity contribution in [3.05, 3.63) is 24.5 Å². The van der Waals surface area contributed by atoms with E-state index in [1.807, 2.05) is 0 Å². The van der Waals surface area contributed by atoms with Crippen molar-refractivity contribution in [2.45, 2.75) is 0 Å². The molecule has 2 heterocycles. The topological polar surface area (TPSA) is 60.5 Å². The third-order valence-electron chi connectivity index (χ3n) is 2.10. The van der Waals surface area contributed by atoms with E-state index in [1.54, 1.807) is 24.5 Å². The molecule has 0 saturated carbocycles. The van der Waals surface area contributed by atoms with Gasteiger partial charge in [0.05, 0.1) is 31.0 Å². The summed E-state index contributed by atoms with van der Waals surface area (Å²) >= 11 is 0. The van der Waals surface area contributed by atoms with E-state index in [1.165, 1.54) is 0 Å². The molecule has 1 amide bonds. The van der Waals surface area contributed by atoms with Crippen molar-refractivity contribution in [3.8, 4) is 0 Å². The Hall–Kier alpha value is -1.46. The molecular weight excluding hydrogens is 196 g/mol. The molecule has 1 fully saturated rings. The monoisotopic (exact) mass is 208 g/mol. The van der Waals surface area contributed by atoms with Gasteiger partial charge in [0, 0.05) is 6.20 Å². The number of nitrogens with one attached hydrogen (secondary N) is 1. The van der Waals surface area contributed by atoms with E-state index in [4.69, 9.17) is 9.47 Å². The second-order valence-electron chi connectivity index (χ2n) is 3.29. The molecule has 1 saturated heterocycles. The first kappa shape index (κ1) is 10.1. The maximum atomic E-state index is 11.7. The standard InChI is InChI=1S/C10H12N2O3/c13-10(8-5-14-7-15-6-8)12-9-2-1-3-11-4-9/h1-4,8H,5-7H2,(H,12,13). The first-order valence-electron chi connectivity index (χ1n) is 4.72. The van der Waals surface area contributed by atoms with E-state index in [-0.39, 0.29) is 18.6 Å². The number of pyridine rings is 1. The van der Waals surface area contributed by atoms with Crippen LogP contribution >= 0.6 is 0 Å². The lowest BCUT2D eigenvalue weighted by molar-refractivity contribution is -0.147. The summed E-state index contributed by atoms with van der Waals surface area (Å²) in [7, 11) is 0. The highest BCUT2D eigenvalue weighted by molar-refractivity contribution is 5.92. The predicted molar refractivity (Wildman–Crippen MR) is 53.1 cm³/mol. The average Bonchev–Trinajstić information content (AvgIpc) is 2.31. The summed E-state index contributed by atoms with van der Waals surface area (Å²) in [5, 5.41) is 2.75. The molecule has 0 aromatic carbocycles.